The van der Waals surface area contributed by atoms with Crippen molar-refractivity contribution < 1.29 is 18.4 Å². The second-order valence-corrected chi connectivity index (χ2v) is 8.55. The lowest BCUT2D eigenvalue weighted by Crippen LogP contribution is -2.27. The van der Waals surface area contributed by atoms with Gasteiger partial charge in [0.25, 0.3) is 15.9 Å². The van der Waals surface area contributed by atoms with Crippen molar-refractivity contribution in [2.24, 2.45) is 0 Å². The standard InChI is InChI=1S/C22H22N2O4S/c1-15-12-16(2)14-20(13-15)29(27,28)24-19-10-8-18(9-11-19)21(22(25)23-26)17-6-4-3-5-7-17/h3-14,21,24,26H,1-2H3,(H,23,25). The number of hydrogen-bond donors (Lipinski definition) is 3. The van der Waals surface area contributed by atoms with E-state index in [1.807, 2.05) is 26.0 Å². The van der Waals surface area contributed by atoms with Gasteiger partial charge in [-0.15, -0.1) is 0 Å². The molecule has 0 heterocycles. The normalized spacial score (nSPS) is 12.2. The Bertz CT molecular complexity index is 1090. The van der Waals surface area contributed by atoms with Crippen LogP contribution in [0.5, 0.6) is 0 Å². The van der Waals surface area contributed by atoms with Crippen LogP contribution in [0.3, 0.4) is 0 Å². The number of anilines is 1. The Morgan fingerprint density at radius 1 is 0.862 bits per heavy atom. The molecule has 3 N–H and O–H groups in total. The van der Waals surface area contributed by atoms with Crippen LogP contribution >= 0.6 is 0 Å². The first-order valence-corrected chi connectivity index (χ1v) is 10.5. The molecular weight excluding hydrogens is 388 g/mol. The number of hydroxylamine groups is 1. The third kappa shape index (κ3) is 4.82. The van der Waals surface area contributed by atoms with E-state index in [1.165, 1.54) is 0 Å². The van der Waals surface area contributed by atoms with Crippen LogP contribution in [0, 0.1) is 13.8 Å². The fourth-order valence-electron chi connectivity index (χ4n) is 3.25. The minimum atomic E-state index is -3.73. The van der Waals surface area contributed by atoms with Gasteiger partial charge in [-0.2, -0.15) is 0 Å². The van der Waals surface area contributed by atoms with E-state index in [4.69, 9.17) is 5.21 Å². The molecule has 1 atom stereocenters. The van der Waals surface area contributed by atoms with Gasteiger partial charge in [-0.3, -0.25) is 14.7 Å². The summed E-state index contributed by atoms with van der Waals surface area (Å²) in [6.45, 7) is 3.69. The van der Waals surface area contributed by atoms with E-state index in [1.54, 1.807) is 66.1 Å². The lowest BCUT2D eigenvalue weighted by atomic mass is 9.90. The van der Waals surface area contributed by atoms with Crippen LogP contribution in [0.2, 0.25) is 0 Å². The SMILES string of the molecule is Cc1cc(C)cc(S(=O)(=O)Nc2ccc(C(C(=O)NO)c3ccccc3)cc2)c1. The van der Waals surface area contributed by atoms with Gasteiger partial charge >= 0.3 is 0 Å². The maximum atomic E-state index is 12.7. The van der Waals surface area contributed by atoms with Crippen LogP contribution in [0.15, 0.2) is 77.7 Å². The Morgan fingerprint density at radius 2 is 1.41 bits per heavy atom. The van der Waals surface area contributed by atoms with Gasteiger partial charge in [0.1, 0.15) is 0 Å². The van der Waals surface area contributed by atoms with Crippen LogP contribution in [-0.4, -0.2) is 19.5 Å². The lowest BCUT2D eigenvalue weighted by Gasteiger charge is -2.16. The van der Waals surface area contributed by atoms with E-state index in [0.717, 1.165) is 11.1 Å². The second-order valence-electron chi connectivity index (χ2n) is 6.87. The van der Waals surface area contributed by atoms with Crippen LogP contribution in [0.1, 0.15) is 28.2 Å². The third-order valence-corrected chi connectivity index (χ3v) is 5.87. The van der Waals surface area contributed by atoms with Crippen molar-refractivity contribution in [2.75, 3.05) is 4.72 Å². The monoisotopic (exact) mass is 410 g/mol. The number of benzene rings is 3. The summed E-state index contributed by atoms with van der Waals surface area (Å²) in [6.07, 6.45) is 0. The zero-order valence-electron chi connectivity index (χ0n) is 16.1. The molecule has 7 heteroatoms. The lowest BCUT2D eigenvalue weighted by molar-refractivity contribution is -0.129. The summed E-state index contributed by atoms with van der Waals surface area (Å²) >= 11 is 0. The highest BCUT2D eigenvalue weighted by atomic mass is 32.2. The number of rotatable bonds is 6. The zero-order chi connectivity index (χ0) is 21.0. The van der Waals surface area contributed by atoms with Gasteiger partial charge in [-0.1, -0.05) is 48.5 Å². The van der Waals surface area contributed by atoms with Crippen LogP contribution in [0.25, 0.3) is 0 Å². The summed E-state index contributed by atoms with van der Waals surface area (Å²) in [4.78, 5) is 12.4. The number of amides is 1. The maximum Gasteiger partial charge on any atom is 0.261 e. The number of carbonyl (C=O) groups is 1. The molecule has 0 saturated heterocycles. The van der Waals surface area contributed by atoms with Crippen molar-refractivity contribution in [1.29, 1.82) is 0 Å². The quantitative estimate of drug-likeness (QED) is 0.426. The average Bonchev–Trinajstić information content (AvgIpc) is 2.69. The summed E-state index contributed by atoms with van der Waals surface area (Å²) in [6, 6.07) is 20.7. The molecule has 1 amide bonds. The Morgan fingerprint density at radius 3 is 1.97 bits per heavy atom. The first-order valence-electron chi connectivity index (χ1n) is 9.00. The Labute approximate surface area is 170 Å². The highest BCUT2D eigenvalue weighted by Crippen LogP contribution is 2.27. The molecule has 0 radical (unpaired) electrons. The first kappa shape index (κ1) is 20.6. The topological polar surface area (TPSA) is 95.5 Å². The molecule has 3 aromatic rings. The molecule has 0 saturated carbocycles. The van der Waals surface area contributed by atoms with E-state index >= 15 is 0 Å². The first-order chi connectivity index (χ1) is 13.8. The molecule has 6 nitrogen and oxygen atoms in total. The Kier molecular flexibility index (Phi) is 6.00. The molecule has 0 fully saturated rings. The van der Waals surface area contributed by atoms with Gasteiger partial charge in [0.2, 0.25) is 0 Å². The highest BCUT2D eigenvalue weighted by molar-refractivity contribution is 7.92. The van der Waals surface area contributed by atoms with Crippen LogP contribution in [0.4, 0.5) is 5.69 Å². The van der Waals surface area contributed by atoms with Gasteiger partial charge < -0.3 is 0 Å². The summed E-state index contributed by atoms with van der Waals surface area (Å²) in [7, 11) is -3.73. The van der Waals surface area contributed by atoms with Crippen molar-refractivity contribution in [3.05, 3.63) is 95.1 Å². The van der Waals surface area contributed by atoms with Gasteiger partial charge in [0.15, 0.2) is 0 Å². The van der Waals surface area contributed by atoms with E-state index in [2.05, 4.69) is 4.72 Å². The Balaban J connectivity index is 1.88. The molecule has 0 aliphatic heterocycles. The molecule has 0 spiro atoms. The molecule has 0 aliphatic rings. The largest absolute Gasteiger partial charge is 0.289 e. The predicted molar refractivity (Wildman–Crippen MR) is 111 cm³/mol. The molecular formula is C22H22N2O4S. The number of carbonyl (C=O) groups excluding carboxylic acids is 1. The fraction of sp³-hybridized carbons (Fsp3) is 0.136. The second kappa shape index (κ2) is 8.46. The third-order valence-electron chi connectivity index (χ3n) is 4.51. The minimum Gasteiger partial charge on any atom is -0.289 e. The van der Waals surface area contributed by atoms with E-state index in [-0.39, 0.29) is 4.90 Å². The fourth-order valence-corrected chi connectivity index (χ4v) is 4.50. The van der Waals surface area contributed by atoms with Crippen LogP contribution in [-0.2, 0) is 14.8 Å². The number of hydrogen-bond acceptors (Lipinski definition) is 4. The van der Waals surface area contributed by atoms with Crippen molar-refractivity contribution >= 4 is 21.6 Å². The van der Waals surface area contributed by atoms with E-state index in [0.29, 0.717) is 16.8 Å². The number of aryl methyl sites for hydroxylation is 2. The molecule has 0 aliphatic carbocycles. The molecule has 0 bridgehead atoms. The molecule has 150 valence electrons. The van der Waals surface area contributed by atoms with Crippen molar-refractivity contribution in [3.8, 4) is 0 Å². The highest BCUT2D eigenvalue weighted by Gasteiger charge is 2.22. The van der Waals surface area contributed by atoms with E-state index in [9.17, 15) is 13.2 Å². The minimum absolute atomic E-state index is 0.195. The number of nitrogens with one attached hydrogen (secondary N) is 2. The van der Waals surface area contributed by atoms with Crippen molar-refractivity contribution in [3.63, 3.8) is 0 Å². The molecule has 29 heavy (non-hydrogen) atoms. The van der Waals surface area contributed by atoms with Gasteiger partial charge in [-0.05, 0) is 60.4 Å². The molecule has 3 aromatic carbocycles. The van der Waals surface area contributed by atoms with Gasteiger partial charge in [0, 0.05) is 5.69 Å². The Hall–Kier alpha value is -3.16. The smallest absolute Gasteiger partial charge is 0.261 e. The van der Waals surface area contributed by atoms with Crippen molar-refractivity contribution in [1.82, 2.24) is 5.48 Å². The summed E-state index contributed by atoms with van der Waals surface area (Å²) < 4.78 is 27.9. The summed E-state index contributed by atoms with van der Waals surface area (Å²) in [5.74, 6) is -1.29. The van der Waals surface area contributed by atoms with Gasteiger partial charge in [0.05, 0.1) is 10.8 Å². The predicted octanol–water partition coefficient (Wildman–Crippen LogP) is 3.74. The summed E-state index contributed by atoms with van der Waals surface area (Å²) in [5.41, 5.74) is 5.13. The average molecular weight is 410 g/mol. The van der Waals surface area contributed by atoms with E-state index < -0.39 is 21.8 Å². The zero-order valence-corrected chi connectivity index (χ0v) is 16.9. The van der Waals surface area contributed by atoms with Crippen molar-refractivity contribution in [2.45, 2.75) is 24.7 Å². The molecule has 0 aromatic heterocycles. The summed E-state index contributed by atoms with van der Waals surface area (Å²) in [5, 5.41) is 9.11. The molecule has 1 unspecified atom stereocenters. The number of sulfonamides is 1. The molecule has 3 rings (SSSR count). The maximum absolute atomic E-state index is 12.7. The van der Waals surface area contributed by atoms with Gasteiger partial charge in [-0.25, -0.2) is 13.9 Å². The van der Waals surface area contributed by atoms with Crippen LogP contribution < -0.4 is 10.2 Å².